The second kappa shape index (κ2) is 11.7. The summed E-state index contributed by atoms with van der Waals surface area (Å²) in [6, 6.07) is 21.0. The van der Waals surface area contributed by atoms with E-state index in [1.54, 1.807) is 48.5 Å². The highest BCUT2D eigenvalue weighted by Gasteiger charge is 2.08. The smallest absolute Gasteiger partial charge is 0.248 e. The van der Waals surface area contributed by atoms with Crippen LogP contribution >= 0.6 is 27.5 Å². The van der Waals surface area contributed by atoms with E-state index in [4.69, 9.17) is 21.1 Å². The summed E-state index contributed by atoms with van der Waals surface area (Å²) in [6.45, 7) is 0.924. The molecule has 0 atom stereocenters. The number of hydrogen-bond acceptors (Lipinski definition) is 4. The van der Waals surface area contributed by atoms with Gasteiger partial charge in [0.05, 0.1) is 30.0 Å². The molecule has 8 heteroatoms. The van der Waals surface area contributed by atoms with Gasteiger partial charge >= 0.3 is 0 Å². The molecule has 0 aliphatic carbocycles. The van der Waals surface area contributed by atoms with Crippen LogP contribution in [0.4, 0.5) is 5.69 Å². The van der Waals surface area contributed by atoms with E-state index in [1.807, 2.05) is 48.5 Å². The number of carbonyl (C=O) groups is 1. The number of nitrogens with one attached hydrogen (secondary N) is 1. The first kappa shape index (κ1) is 24.6. The lowest BCUT2D eigenvalue weighted by Gasteiger charge is -2.12. The van der Waals surface area contributed by atoms with Gasteiger partial charge in [0.25, 0.3) is 0 Å². The van der Waals surface area contributed by atoms with Gasteiger partial charge in [-0.15, -0.1) is 0 Å². The van der Waals surface area contributed by atoms with E-state index >= 15 is 0 Å². The van der Waals surface area contributed by atoms with E-state index in [0.29, 0.717) is 28.8 Å². The second-order valence-corrected chi connectivity index (χ2v) is 8.96. The first-order valence-corrected chi connectivity index (χ1v) is 12.0. The maximum Gasteiger partial charge on any atom is 0.248 e. The van der Waals surface area contributed by atoms with Crippen LogP contribution < -0.4 is 14.8 Å². The van der Waals surface area contributed by atoms with Gasteiger partial charge < -0.3 is 14.8 Å². The van der Waals surface area contributed by atoms with Gasteiger partial charge in [0.15, 0.2) is 0 Å². The molecule has 1 amide bonds. The molecule has 3 aromatic carbocycles. The summed E-state index contributed by atoms with van der Waals surface area (Å²) >= 11 is 9.45. The van der Waals surface area contributed by atoms with Crippen LogP contribution in [0.5, 0.6) is 11.5 Å². The first-order chi connectivity index (χ1) is 17.0. The third-order valence-corrected chi connectivity index (χ3v) is 5.95. The SMILES string of the molecule is COc1ccc(C=CC(=O)Nc2cnn(Cc3ccccc3)c2)cc1COc1ccc(Cl)cc1Br. The Morgan fingerprint density at radius 2 is 1.91 bits per heavy atom. The predicted molar refractivity (Wildman–Crippen MR) is 142 cm³/mol. The number of nitrogens with zero attached hydrogens (tertiary/aromatic N) is 2. The average Bonchev–Trinajstić information content (AvgIpc) is 3.29. The number of hydrogen-bond donors (Lipinski definition) is 1. The number of carbonyl (C=O) groups excluding carboxylic acids is 1. The lowest BCUT2D eigenvalue weighted by molar-refractivity contribution is -0.111. The third-order valence-electron chi connectivity index (χ3n) is 5.10. The standard InChI is InChI=1S/C27H23BrClN3O3/c1-34-25-10-7-19(13-21(25)18-35-26-11-9-22(29)14-24(26)28)8-12-27(33)31-23-15-30-32(17-23)16-20-5-3-2-4-6-20/h2-15,17H,16,18H2,1H3,(H,31,33). The zero-order valence-electron chi connectivity index (χ0n) is 18.9. The minimum atomic E-state index is -0.247. The van der Waals surface area contributed by atoms with Crippen LogP contribution in [0.25, 0.3) is 6.08 Å². The Labute approximate surface area is 217 Å². The average molecular weight is 553 g/mol. The van der Waals surface area contributed by atoms with E-state index in [-0.39, 0.29) is 12.5 Å². The number of methoxy groups -OCH3 is 1. The Morgan fingerprint density at radius 1 is 1.11 bits per heavy atom. The molecule has 0 saturated heterocycles. The first-order valence-electron chi connectivity index (χ1n) is 10.8. The molecule has 0 fully saturated rings. The maximum atomic E-state index is 12.4. The van der Waals surface area contributed by atoms with Gasteiger partial charge in [0, 0.05) is 22.9 Å². The highest BCUT2D eigenvalue weighted by Crippen LogP contribution is 2.30. The van der Waals surface area contributed by atoms with Gasteiger partial charge in [0.2, 0.25) is 5.91 Å². The molecule has 35 heavy (non-hydrogen) atoms. The summed E-state index contributed by atoms with van der Waals surface area (Å²) in [5.74, 6) is 1.12. The summed E-state index contributed by atoms with van der Waals surface area (Å²) in [7, 11) is 1.61. The van der Waals surface area contributed by atoms with Gasteiger partial charge in [-0.2, -0.15) is 5.10 Å². The number of rotatable bonds is 9. The van der Waals surface area contributed by atoms with E-state index in [9.17, 15) is 4.79 Å². The fourth-order valence-electron chi connectivity index (χ4n) is 3.40. The van der Waals surface area contributed by atoms with Crippen molar-refractivity contribution in [2.24, 2.45) is 0 Å². The van der Waals surface area contributed by atoms with Crippen LogP contribution in [-0.2, 0) is 17.9 Å². The van der Waals surface area contributed by atoms with Crippen molar-refractivity contribution < 1.29 is 14.3 Å². The molecule has 0 radical (unpaired) electrons. The fraction of sp³-hybridized carbons (Fsp3) is 0.111. The van der Waals surface area contributed by atoms with Crippen molar-refractivity contribution in [2.45, 2.75) is 13.2 Å². The number of aromatic nitrogens is 2. The number of ether oxygens (including phenoxy) is 2. The third kappa shape index (κ3) is 6.97. The van der Waals surface area contributed by atoms with Crippen molar-refractivity contribution >= 4 is 45.2 Å². The normalized spacial score (nSPS) is 10.9. The monoisotopic (exact) mass is 551 g/mol. The Bertz CT molecular complexity index is 1340. The van der Waals surface area contributed by atoms with Crippen molar-refractivity contribution in [1.82, 2.24) is 9.78 Å². The zero-order valence-corrected chi connectivity index (χ0v) is 21.3. The van der Waals surface area contributed by atoms with E-state index in [2.05, 4.69) is 26.3 Å². The molecule has 4 rings (SSSR count). The predicted octanol–water partition coefficient (Wildman–Crippen LogP) is 6.59. The summed E-state index contributed by atoms with van der Waals surface area (Å²) in [5.41, 5.74) is 3.46. The molecule has 178 valence electrons. The summed E-state index contributed by atoms with van der Waals surface area (Å²) < 4.78 is 13.9. The van der Waals surface area contributed by atoms with Gasteiger partial charge in [0.1, 0.15) is 18.1 Å². The molecule has 1 heterocycles. The van der Waals surface area contributed by atoms with Crippen molar-refractivity contribution in [1.29, 1.82) is 0 Å². The highest BCUT2D eigenvalue weighted by molar-refractivity contribution is 9.10. The van der Waals surface area contributed by atoms with Crippen molar-refractivity contribution in [3.63, 3.8) is 0 Å². The quantitative estimate of drug-likeness (QED) is 0.238. The molecular weight excluding hydrogens is 530 g/mol. The van der Waals surface area contributed by atoms with Gasteiger partial charge in [-0.25, -0.2) is 0 Å². The van der Waals surface area contributed by atoms with E-state index < -0.39 is 0 Å². The summed E-state index contributed by atoms with van der Waals surface area (Å²) in [6.07, 6.45) is 6.66. The molecule has 4 aromatic rings. The number of halogens is 2. The maximum absolute atomic E-state index is 12.4. The molecule has 0 aliphatic heterocycles. The molecular formula is C27H23BrClN3O3. The summed E-state index contributed by atoms with van der Waals surface area (Å²) in [5, 5.41) is 7.77. The number of anilines is 1. The Kier molecular flexibility index (Phi) is 8.23. The second-order valence-electron chi connectivity index (χ2n) is 7.67. The lowest BCUT2D eigenvalue weighted by atomic mass is 10.1. The van der Waals surface area contributed by atoms with Gasteiger partial charge in [-0.05, 0) is 63.5 Å². The Balaban J connectivity index is 1.38. The van der Waals surface area contributed by atoms with Crippen molar-refractivity contribution in [2.75, 3.05) is 12.4 Å². The Hall–Kier alpha value is -3.55. The molecule has 1 aromatic heterocycles. The largest absolute Gasteiger partial charge is 0.496 e. The van der Waals surface area contributed by atoms with Crippen LogP contribution in [0.15, 0.2) is 89.7 Å². The van der Waals surface area contributed by atoms with Crippen LogP contribution in [-0.4, -0.2) is 22.8 Å². The topological polar surface area (TPSA) is 65.4 Å². The molecule has 0 unspecified atom stereocenters. The minimum absolute atomic E-state index is 0.247. The van der Waals surface area contributed by atoms with Crippen LogP contribution in [0.1, 0.15) is 16.7 Å². The molecule has 1 N–H and O–H groups in total. The summed E-state index contributed by atoms with van der Waals surface area (Å²) in [4.78, 5) is 12.4. The van der Waals surface area contributed by atoms with Crippen LogP contribution in [0.2, 0.25) is 5.02 Å². The van der Waals surface area contributed by atoms with Crippen LogP contribution in [0, 0.1) is 0 Å². The van der Waals surface area contributed by atoms with Gasteiger partial charge in [-0.1, -0.05) is 48.0 Å². The number of benzene rings is 3. The molecule has 0 aliphatic rings. The van der Waals surface area contributed by atoms with Crippen molar-refractivity contribution in [3.8, 4) is 11.5 Å². The van der Waals surface area contributed by atoms with E-state index in [0.717, 1.165) is 21.2 Å². The zero-order chi connectivity index (χ0) is 24.6. The molecule has 0 bridgehead atoms. The number of amides is 1. The van der Waals surface area contributed by atoms with Crippen LogP contribution in [0.3, 0.4) is 0 Å². The fourth-order valence-corrected chi connectivity index (χ4v) is 4.20. The lowest BCUT2D eigenvalue weighted by Crippen LogP contribution is -2.07. The van der Waals surface area contributed by atoms with Crippen molar-refractivity contribution in [3.05, 3.63) is 111 Å². The molecule has 6 nitrogen and oxygen atoms in total. The highest BCUT2D eigenvalue weighted by atomic mass is 79.9. The van der Waals surface area contributed by atoms with Gasteiger partial charge in [-0.3, -0.25) is 9.48 Å². The Morgan fingerprint density at radius 3 is 2.69 bits per heavy atom. The molecule has 0 saturated carbocycles. The molecule has 0 spiro atoms. The minimum Gasteiger partial charge on any atom is -0.496 e. The van der Waals surface area contributed by atoms with E-state index in [1.165, 1.54) is 6.08 Å².